The molecule has 2 aliphatic rings. The van der Waals surface area contributed by atoms with E-state index in [0.29, 0.717) is 0 Å². The quantitative estimate of drug-likeness (QED) is 0.269. The minimum absolute atomic E-state index is 0.0569. The molecule has 6 N–H and O–H groups in total. The lowest BCUT2D eigenvalue weighted by Gasteiger charge is -2.50. The van der Waals surface area contributed by atoms with E-state index in [9.17, 15) is 45.0 Å². The molecule has 0 spiro atoms. The maximum atomic E-state index is 13.8. The second kappa shape index (κ2) is 8.16. The molecule has 10 nitrogen and oxygen atoms in total. The Hall–Kier alpha value is -3.73. The van der Waals surface area contributed by atoms with Gasteiger partial charge in [0, 0.05) is 18.1 Å². The summed E-state index contributed by atoms with van der Waals surface area (Å²) in [6.07, 6.45) is -1.43. The van der Waals surface area contributed by atoms with Crippen molar-refractivity contribution in [1.82, 2.24) is 0 Å². The van der Waals surface area contributed by atoms with Crippen molar-refractivity contribution >= 4 is 28.1 Å². The molecule has 3 atom stereocenters. The number of ether oxygens (including phenoxy) is 1. The van der Waals surface area contributed by atoms with E-state index in [4.69, 9.17) is 4.74 Å². The van der Waals surface area contributed by atoms with Crippen LogP contribution in [0.3, 0.4) is 0 Å². The standard InChI is InChI=1S/C26H26O10/c1-10(2)5-6-13-14-7-12(36-4)8-15(28)18(14)21(30)20-19(13)22(31)25(34)9-16(29)17(11(3)27)23(32)26(25,35)24(20)33/h5,7-8,22,28,30-32,34-35H,6,9H2,1-4H3. The van der Waals surface area contributed by atoms with Crippen molar-refractivity contribution in [1.29, 1.82) is 0 Å². The third-order valence-corrected chi connectivity index (χ3v) is 6.98. The molecule has 0 amide bonds. The largest absolute Gasteiger partial charge is 0.508 e. The van der Waals surface area contributed by atoms with Crippen molar-refractivity contribution in [3.05, 3.63) is 51.8 Å². The normalized spacial score (nSPS) is 25.5. The molecule has 0 aromatic heterocycles. The summed E-state index contributed by atoms with van der Waals surface area (Å²) in [6.45, 7) is 4.53. The number of carbonyl (C=O) groups excluding carboxylic acids is 3. The Labute approximate surface area is 205 Å². The third-order valence-electron chi connectivity index (χ3n) is 6.98. The summed E-state index contributed by atoms with van der Waals surface area (Å²) < 4.78 is 5.21. The summed E-state index contributed by atoms with van der Waals surface area (Å²) >= 11 is 0. The first kappa shape index (κ1) is 25.4. The molecule has 2 aromatic carbocycles. The van der Waals surface area contributed by atoms with Crippen LogP contribution in [0.4, 0.5) is 0 Å². The van der Waals surface area contributed by atoms with Crippen LogP contribution >= 0.6 is 0 Å². The highest BCUT2D eigenvalue weighted by Crippen LogP contribution is 2.56. The highest BCUT2D eigenvalue weighted by atomic mass is 16.5. The first-order chi connectivity index (χ1) is 16.7. The zero-order chi connectivity index (χ0) is 26.9. The van der Waals surface area contributed by atoms with Gasteiger partial charge >= 0.3 is 0 Å². The first-order valence-electron chi connectivity index (χ1n) is 11.1. The number of phenols is 2. The van der Waals surface area contributed by atoms with E-state index < -0.39 is 69.5 Å². The van der Waals surface area contributed by atoms with Crippen LogP contribution in [0.1, 0.15) is 54.8 Å². The summed E-state index contributed by atoms with van der Waals surface area (Å²) in [5.41, 5.74) is -7.06. The molecular weight excluding hydrogens is 472 g/mol. The Kier molecular flexibility index (Phi) is 5.75. The van der Waals surface area contributed by atoms with Crippen LogP contribution in [-0.4, -0.2) is 66.3 Å². The smallest absolute Gasteiger partial charge is 0.217 e. The average molecular weight is 498 g/mol. The Morgan fingerprint density at radius 3 is 2.33 bits per heavy atom. The van der Waals surface area contributed by atoms with Gasteiger partial charge in [-0.05, 0) is 44.2 Å². The van der Waals surface area contributed by atoms with Crippen LogP contribution < -0.4 is 4.74 Å². The summed E-state index contributed by atoms with van der Waals surface area (Å²) in [6, 6.07) is 2.65. The van der Waals surface area contributed by atoms with Gasteiger partial charge in [-0.15, -0.1) is 0 Å². The zero-order valence-corrected chi connectivity index (χ0v) is 20.0. The Bertz CT molecular complexity index is 1430. The van der Waals surface area contributed by atoms with Crippen LogP contribution in [0.2, 0.25) is 0 Å². The van der Waals surface area contributed by atoms with Gasteiger partial charge in [-0.3, -0.25) is 14.4 Å². The minimum Gasteiger partial charge on any atom is -0.508 e. The number of methoxy groups -OCH3 is 1. The number of rotatable bonds is 4. The molecule has 0 fully saturated rings. The van der Waals surface area contributed by atoms with E-state index >= 15 is 0 Å². The third kappa shape index (κ3) is 3.11. The fourth-order valence-corrected chi connectivity index (χ4v) is 5.17. The Morgan fingerprint density at radius 2 is 1.78 bits per heavy atom. The molecule has 0 saturated heterocycles. The number of benzene rings is 2. The lowest BCUT2D eigenvalue weighted by Crippen LogP contribution is -2.69. The molecule has 2 aliphatic carbocycles. The van der Waals surface area contributed by atoms with E-state index in [2.05, 4.69) is 0 Å². The molecule has 2 aromatic rings. The number of phenolic OH excluding ortho intramolecular Hbond substituents is 2. The fraction of sp³-hybridized carbons (Fsp3) is 0.346. The second-order valence-electron chi connectivity index (χ2n) is 9.42. The molecule has 190 valence electrons. The highest BCUT2D eigenvalue weighted by molar-refractivity contribution is 6.24. The van der Waals surface area contributed by atoms with Crippen molar-refractivity contribution in [2.45, 2.75) is 50.9 Å². The summed E-state index contributed by atoms with van der Waals surface area (Å²) in [7, 11) is 1.35. The number of allylic oxidation sites excluding steroid dienone is 3. The number of fused-ring (bicyclic) bond motifs is 3. The SMILES string of the molecule is COc1cc(O)c2c(O)c3c(c(CC=C(C)C)c2c1)C(O)C1(O)CC(=O)C(C(C)=O)=C(O)C1(O)C3=O. The van der Waals surface area contributed by atoms with Gasteiger partial charge in [-0.2, -0.15) is 0 Å². The van der Waals surface area contributed by atoms with Crippen LogP contribution in [0.15, 0.2) is 35.1 Å². The summed E-state index contributed by atoms with van der Waals surface area (Å²) in [5.74, 6) is -5.98. The van der Waals surface area contributed by atoms with Crippen molar-refractivity contribution in [3.8, 4) is 17.2 Å². The second-order valence-corrected chi connectivity index (χ2v) is 9.42. The average Bonchev–Trinajstić information content (AvgIpc) is 2.79. The maximum absolute atomic E-state index is 13.8. The van der Waals surface area contributed by atoms with Crippen LogP contribution in [0.5, 0.6) is 17.2 Å². The van der Waals surface area contributed by atoms with Gasteiger partial charge in [0.05, 0.1) is 18.1 Å². The van der Waals surface area contributed by atoms with Crippen LogP contribution in [0, 0.1) is 0 Å². The van der Waals surface area contributed by atoms with Crippen LogP contribution in [0.25, 0.3) is 10.8 Å². The van der Waals surface area contributed by atoms with Crippen molar-refractivity contribution in [2.24, 2.45) is 0 Å². The Morgan fingerprint density at radius 1 is 1.14 bits per heavy atom. The van der Waals surface area contributed by atoms with Gasteiger partial charge in [0.25, 0.3) is 0 Å². The number of carbonyl (C=O) groups is 3. The molecule has 10 heteroatoms. The topological polar surface area (TPSA) is 182 Å². The highest BCUT2D eigenvalue weighted by Gasteiger charge is 2.70. The van der Waals surface area contributed by atoms with Crippen LogP contribution in [-0.2, 0) is 16.0 Å². The van der Waals surface area contributed by atoms with Gasteiger partial charge in [-0.1, -0.05) is 11.6 Å². The molecule has 36 heavy (non-hydrogen) atoms. The van der Waals surface area contributed by atoms with Gasteiger partial charge in [0.1, 0.15) is 40.3 Å². The van der Waals surface area contributed by atoms with E-state index in [1.807, 2.05) is 0 Å². The van der Waals surface area contributed by atoms with Gasteiger partial charge in [0.15, 0.2) is 11.6 Å². The molecule has 0 bridgehead atoms. The number of Topliss-reactive ketones (excluding diaryl/α,β-unsaturated/α-hetero) is 3. The van der Waals surface area contributed by atoms with E-state index in [1.165, 1.54) is 19.2 Å². The lowest BCUT2D eigenvalue weighted by molar-refractivity contribution is -0.193. The molecule has 0 aliphatic heterocycles. The zero-order valence-electron chi connectivity index (χ0n) is 20.0. The first-order valence-corrected chi connectivity index (χ1v) is 11.1. The summed E-state index contributed by atoms with van der Waals surface area (Å²) in [4.78, 5) is 38.5. The van der Waals surface area contributed by atoms with Gasteiger partial charge in [-0.25, -0.2) is 0 Å². The number of hydrogen-bond donors (Lipinski definition) is 6. The monoisotopic (exact) mass is 498 g/mol. The van der Waals surface area contributed by atoms with E-state index in [-0.39, 0.29) is 34.1 Å². The molecule has 0 heterocycles. The minimum atomic E-state index is -3.32. The number of aliphatic hydroxyl groups excluding tert-OH is 2. The van der Waals surface area contributed by atoms with Crippen molar-refractivity contribution < 1.29 is 49.8 Å². The predicted octanol–water partition coefficient (Wildman–Crippen LogP) is 1.83. The molecule has 0 saturated carbocycles. The van der Waals surface area contributed by atoms with Gasteiger partial charge < -0.3 is 35.4 Å². The molecule has 3 unspecified atom stereocenters. The number of aromatic hydroxyl groups is 2. The Balaban J connectivity index is 2.21. The number of ketones is 3. The summed E-state index contributed by atoms with van der Waals surface area (Å²) in [5, 5.41) is 66.9. The molecule has 4 rings (SSSR count). The van der Waals surface area contributed by atoms with E-state index in [1.54, 1.807) is 19.9 Å². The molecular formula is C26H26O10. The predicted molar refractivity (Wildman–Crippen MR) is 126 cm³/mol. The number of aliphatic hydroxyl groups is 4. The molecule has 0 radical (unpaired) electrons. The fourth-order valence-electron chi connectivity index (χ4n) is 5.17. The van der Waals surface area contributed by atoms with Crippen molar-refractivity contribution in [3.63, 3.8) is 0 Å². The van der Waals surface area contributed by atoms with Crippen molar-refractivity contribution in [2.75, 3.05) is 7.11 Å². The van der Waals surface area contributed by atoms with Gasteiger partial charge in [0.2, 0.25) is 11.4 Å². The maximum Gasteiger partial charge on any atom is 0.217 e. The van der Waals surface area contributed by atoms with E-state index in [0.717, 1.165) is 12.5 Å². The lowest BCUT2D eigenvalue weighted by atomic mass is 9.59. The number of hydrogen-bond acceptors (Lipinski definition) is 10.